The van der Waals surface area contributed by atoms with Gasteiger partial charge in [-0.25, -0.2) is 0 Å². The van der Waals surface area contributed by atoms with Crippen molar-refractivity contribution < 1.29 is 24.9 Å². The van der Waals surface area contributed by atoms with E-state index < -0.39 is 30.6 Å². The highest BCUT2D eigenvalue weighted by atomic mass is 32.2. The van der Waals surface area contributed by atoms with Crippen molar-refractivity contribution in [2.75, 3.05) is 18.6 Å². The van der Waals surface area contributed by atoms with Crippen molar-refractivity contribution >= 4 is 23.7 Å². The molecule has 1 aromatic heterocycles. The smallest absolute Gasteiger partial charge is 0.323 e. The van der Waals surface area contributed by atoms with E-state index >= 15 is 0 Å². The molecular weight excluding hydrogens is 322 g/mol. The minimum absolute atomic E-state index is 0.403. The van der Waals surface area contributed by atoms with Gasteiger partial charge in [-0.2, -0.15) is 11.8 Å². The molecule has 0 radical (unpaired) electrons. The molecule has 6 N–H and O–H groups in total. The maximum Gasteiger partial charge on any atom is 0.323 e. The van der Waals surface area contributed by atoms with Crippen LogP contribution >= 0.6 is 11.8 Å². The van der Waals surface area contributed by atoms with Crippen LogP contribution in [0, 0.1) is 0 Å². The van der Waals surface area contributed by atoms with Gasteiger partial charge in [-0.15, -0.1) is 0 Å². The Morgan fingerprint density at radius 3 is 2.35 bits per heavy atom. The number of pyridine rings is 1. The van der Waals surface area contributed by atoms with Gasteiger partial charge in [-0.05, 0) is 36.1 Å². The van der Waals surface area contributed by atoms with Crippen molar-refractivity contribution in [3.8, 4) is 0 Å². The van der Waals surface area contributed by atoms with Crippen LogP contribution in [0.3, 0.4) is 0 Å². The van der Waals surface area contributed by atoms with E-state index in [9.17, 15) is 9.59 Å². The Kier molecular flexibility index (Phi) is 11.9. The van der Waals surface area contributed by atoms with E-state index in [0.717, 1.165) is 11.3 Å². The fourth-order valence-corrected chi connectivity index (χ4v) is 1.83. The van der Waals surface area contributed by atoms with E-state index in [1.807, 2.05) is 6.26 Å². The molecule has 0 aliphatic rings. The third kappa shape index (κ3) is 10.6. The zero-order chi connectivity index (χ0) is 17.7. The van der Waals surface area contributed by atoms with Crippen LogP contribution in [0.1, 0.15) is 12.0 Å². The van der Waals surface area contributed by atoms with Crippen molar-refractivity contribution in [2.45, 2.75) is 25.0 Å². The molecule has 2 atom stereocenters. The molecule has 0 spiro atoms. The van der Waals surface area contributed by atoms with Crippen molar-refractivity contribution in [2.24, 2.45) is 5.73 Å². The SMILES string of the molecule is CSCC[C@H](N)C(=O)O.O=C(O)[C@H](CO)NCc1ccncc1. The second-order valence-electron chi connectivity index (χ2n) is 4.54. The third-order valence-corrected chi connectivity index (χ3v) is 3.38. The molecule has 1 heterocycles. The molecule has 8 nitrogen and oxygen atoms in total. The average molecular weight is 345 g/mol. The van der Waals surface area contributed by atoms with Crippen molar-refractivity contribution in [3.05, 3.63) is 30.1 Å². The first-order valence-electron chi connectivity index (χ1n) is 6.85. The number of aromatic nitrogens is 1. The summed E-state index contributed by atoms with van der Waals surface area (Å²) in [5.41, 5.74) is 6.12. The summed E-state index contributed by atoms with van der Waals surface area (Å²) < 4.78 is 0. The van der Waals surface area contributed by atoms with Crippen LogP contribution in [0.4, 0.5) is 0 Å². The van der Waals surface area contributed by atoms with Crippen LogP contribution in [0.25, 0.3) is 0 Å². The highest BCUT2D eigenvalue weighted by molar-refractivity contribution is 7.98. The predicted molar refractivity (Wildman–Crippen MR) is 88.2 cm³/mol. The molecule has 23 heavy (non-hydrogen) atoms. The first-order chi connectivity index (χ1) is 10.9. The van der Waals surface area contributed by atoms with E-state index in [1.165, 1.54) is 0 Å². The number of thioether (sulfide) groups is 1. The second-order valence-corrected chi connectivity index (χ2v) is 5.52. The predicted octanol–water partition coefficient (Wildman–Crippen LogP) is -0.232. The van der Waals surface area contributed by atoms with Crippen LogP contribution in [0.5, 0.6) is 0 Å². The van der Waals surface area contributed by atoms with Gasteiger partial charge >= 0.3 is 11.9 Å². The number of aliphatic hydroxyl groups excluding tert-OH is 1. The summed E-state index contributed by atoms with van der Waals surface area (Å²) >= 11 is 1.60. The van der Waals surface area contributed by atoms with Gasteiger partial charge in [0, 0.05) is 18.9 Å². The number of nitrogens with two attached hydrogens (primary N) is 1. The molecule has 0 aliphatic carbocycles. The molecule has 130 valence electrons. The van der Waals surface area contributed by atoms with Crippen LogP contribution in [0.2, 0.25) is 0 Å². The molecular formula is C14H23N3O5S. The Hall–Kier alpha value is -1.68. The summed E-state index contributed by atoms with van der Waals surface area (Å²) in [4.78, 5) is 24.4. The zero-order valence-electron chi connectivity index (χ0n) is 12.9. The van der Waals surface area contributed by atoms with Gasteiger partial charge in [0.1, 0.15) is 12.1 Å². The van der Waals surface area contributed by atoms with E-state index in [1.54, 1.807) is 36.3 Å². The standard InChI is InChI=1S/C9H12N2O3.C5H11NO2S/c12-6-8(9(13)14)11-5-7-1-3-10-4-2-7;1-9-3-2-4(6)5(7)8/h1-4,8,11-12H,5-6H2,(H,13,14);4H,2-3,6H2,1H3,(H,7,8)/t8-;4-/m00/s1. The highest BCUT2D eigenvalue weighted by Gasteiger charge is 2.14. The van der Waals surface area contributed by atoms with Crippen LogP contribution in [-0.4, -0.2) is 62.9 Å². The lowest BCUT2D eigenvalue weighted by Gasteiger charge is -2.10. The molecule has 9 heteroatoms. The van der Waals surface area contributed by atoms with Gasteiger partial charge in [-0.3, -0.25) is 19.9 Å². The average Bonchev–Trinajstić information content (AvgIpc) is 2.54. The number of rotatable bonds is 9. The number of carboxylic acid groups (broad SMARTS) is 2. The summed E-state index contributed by atoms with van der Waals surface area (Å²) in [5.74, 6) is -1.15. The van der Waals surface area contributed by atoms with Crippen molar-refractivity contribution in [1.29, 1.82) is 0 Å². The summed E-state index contributed by atoms with van der Waals surface area (Å²) in [6.45, 7) is -0.0134. The molecule has 0 saturated carbocycles. The van der Waals surface area contributed by atoms with E-state index in [4.69, 9.17) is 21.1 Å². The molecule has 0 aromatic carbocycles. The first-order valence-corrected chi connectivity index (χ1v) is 8.25. The first kappa shape index (κ1) is 21.3. The molecule has 0 amide bonds. The molecule has 1 rings (SSSR count). The van der Waals surface area contributed by atoms with Gasteiger partial charge < -0.3 is 21.1 Å². The Balaban J connectivity index is 0.000000468. The lowest BCUT2D eigenvalue weighted by molar-refractivity contribution is -0.140. The van der Waals surface area contributed by atoms with Crippen LogP contribution in [0.15, 0.2) is 24.5 Å². The van der Waals surface area contributed by atoms with Gasteiger partial charge in [0.25, 0.3) is 0 Å². The number of carbonyl (C=O) groups is 2. The monoisotopic (exact) mass is 345 g/mol. The number of nitrogens with zero attached hydrogens (tertiary/aromatic N) is 1. The summed E-state index contributed by atoms with van der Waals surface area (Å²) in [7, 11) is 0. The number of hydrogen-bond donors (Lipinski definition) is 5. The maximum absolute atomic E-state index is 10.5. The van der Waals surface area contributed by atoms with Gasteiger partial charge in [0.15, 0.2) is 0 Å². The molecule has 0 saturated heterocycles. The molecule has 0 bridgehead atoms. The third-order valence-electron chi connectivity index (χ3n) is 2.73. The number of aliphatic hydroxyl groups is 1. The molecule has 1 aromatic rings. The topological polar surface area (TPSA) is 146 Å². The quantitative estimate of drug-likeness (QED) is 0.409. The highest BCUT2D eigenvalue weighted by Crippen LogP contribution is 1.98. The van der Waals surface area contributed by atoms with Crippen molar-refractivity contribution in [1.82, 2.24) is 10.3 Å². The van der Waals surface area contributed by atoms with Gasteiger partial charge in [0.05, 0.1) is 6.61 Å². The van der Waals surface area contributed by atoms with E-state index in [-0.39, 0.29) is 0 Å². The molecule has 0 fully saturated rings. The van der Waals surface area contributed by atoms with Crippen LogP contribution < -0.4 is 11.1 Å². The number of aliphatic carboxylic acids is 2. The Morgan fingerprint density at radius 2 is 1.91 bits per heavy atom. The van der Waals surface area contributed by atoms with E-state index in [2.05, 4.69) is 10.3 Å². The zero-order valence-corrected chi connectivity index (χ0v) is 13.7. The van der Waals surface area contributed by atoms with Gasteiger partial charge in [0.2, 0.25) is 0 Å². The van der Waals surface area contributed by atoms with Crippen molar-refractivity contribution in [3.63, 3.8) is 0 Å². The largest absolute Gasteiger partial charge is 0.480 e. The number of hydrogen-bond acceptors (Lipinski definition) is 7. The number of nitrogens with one attached hydrogen (secondary N) is 1. The minimum atomic E-state index is -1.05. The van der Waals surface area contributed by atoms with E-state index in [0.29, 0.717) is 13.0 Å². The molecule has 0 unspecified atom stereocenters. The van der Waals surface area contributed by atoms with Gasteiger partial charge in [-0.1, -0.05) is 0 Å². The lowest BCUT2D eigenvalue weighted by atomic mass is 10.2. The normalized spacial score (nSPS) is 12.7. The number of carboxylic acids is 2. The Bertz CT molecular complexity index is 461. The summed E-state index contributed by atoms with van der Waals surface area (Å²) in [6, 6.07) is 1.97. The fraction of sp³-hybridized carbons (Fsp3) is 0.500. The summed E-state index contributed by atoms with van der Waals surface area (Å²) in [6.07, 6.45) is 5.74. The second kappa shape index (κ2) is 12.8. The molecule has 0 aliphatic heterocycles. The lowest BCUT2D eigenvalue weighted by Crippen LogP contribution is -2.39. The Labute approximate surface area is 139 Å². The minimum Gasteiger partial charge on any atom is -0.480 e. The summed E-state index contributed by atoms with van der Waals surface area (Å²) in [5, 5.41) is 28.3. The maximum atomic E-state index is 10.5. The van der Waals surface area contributed by atoms with Crippen LogP contribution in [-0.2, 0) is 16.1 Å². The fourth-order valence-electron chi connectivity index (χ4n) is 1.34. The Morgan fingerprint density at radius 1 is 1.30 bits per heavy atom.